The highest BCUT2D eigenvalue weighted by atomic mass is 127. The summed E-state index contributed by atoms with van der Waals surface area (Å²) in [5.74, 6) is 1.40. The molecule has 1 fully saturated rings. The van der Waals surface area contributed by atoms with E-state index in [4.69, 9.17) is 11.6 Å². The minimum Gasteiger partial charge on any atom is -0.300 e. The van der Waals surface area contributed by atoms with Gasteiger partial charge in [-0.3, -0.25) is 4.79 Å². The molecule has 1 amide bonds. The highest BCUT2D eigenvalue weighted by molar-refractivity contribution is 14.1. The molecule has 0 aliphatic carbocycles. The third-order valence-corrected chi connectivity index (χ3v) is 4.48. The van der Waals surface area contributed by atoms with Gasteiger partial charge in [-0.1, -0.05) is 17.7 Å². The van der Waals surface area contributed by atoms with Gasteiger partial charge in [-0.2, -0.15) is 0 Å². The predicted molar refractivity (Wildman–Crippen MR) is 69.0 cm³/mol. The summed E-state index contributed by atoms with van der Waals surface area (Å²) < 4.78 is 0.978. The lowest BCUT2D eigenvalue weighted by molar-refractivity contribution is -0.115. The van der Waals surface area contributed by atoms with E-state index in [9.17, 15) is 4.79 Å². The lowest BCUT2D eigenvalue weighted by Gasteiger charge is -2.16. The summed E-state index contributed by atoms with van der Waals surface area (Å²) in [7, 11) is 0. The van der Waals surface area contributed by atoms with Crippen LogP contribution >= 0.6 is 46.0 Å². The summed E-state index contributed by atoms with van der Waals surface area (Å²) in [5.41, 5.74) is 0.827. The second-order valence-corrected chi connectivity index (χ2v) is 5.37. The monoisotopic (exact) mass is 339 g/mol. The van der Waals surface area contributed by atoms with Crippen molar-refractivity contribution in [3.05, 3.63) is 26.8 Å². The molecule has 1 aromatic rings. The smallest absolute Gasteiger partial charge is 0.237 e. The minimum absolute atomic E-state index is 0.138. The van der Waals surface area contributed by atoms with Crippen LogP contribution in [0, 0.1) is 3.57 Å². The summed E-state index contributed by atoms with van der Waals surface area (Å²) in [6.45, 7) is 0. The summed E-state index contributed by atoms with van der Waals surface area (Å²) in [5, 5.41) is 0.670. The van der Waals surface area contributed by atoms with Gasteiger partial charge in [0.05, 0.1) is 22.3 Å². The first kappa shape index (κ1) is 10.6. The fourth-order valence-corrected chi connectivity index (χ4v) is 2.88. The maximum Gasteiger partial charge on any atom is 0.237 e. The molecule has 1 aliphatic rings. The van der Waals surface area contributed by atoms with E-state index in [2.05, 4.69) is 22.6 Å². The molecule has 0 unspecified atom stereocenters. The third kappa shape index (κ3) is 1.87. The summed E-state index contributed by atoms with van der Waals surface area (Å²) >= 11 is 9.91. The van der Waals surface area contributed by atoms with E-state index >= 15 is 0 Å². The summed E-state index contributed by atoms with van der Waals surface area (Å²) in [6, 6.07) is 5.73. The fraction of sp³-hybridized carbons (Fsp3) is 0.222. The van der Waals surface area contributed by atoms with Gasteiger partial charge >= 0.3 is 0 Å². The molecule has 2 rings (SSSR count). The van der Waals surface area contributed by atoms with Crippen molar-refractivity contribution in [2.45, 2.75) is 0 Å². The normalized spacial score (nSPS) is 16.4. The van der Waals surface area contributed by atoms with Crippen molar-refractivity contribution in [3.8, 4) is 0 Å². The van der Waals surface area contributed by atoms with Gasteiger partial charge in [0.1, 0.15) is 0 Å². The average Bonchev–Trinajstić information content (AvgIpc) is 2.57. The van der Waals surface area contributed by atoms with Gasteiger partial charge in [0.25, 0.3) is 0 Å². The number of nitrogens with zero attached hydrogens (tertiary/aromatic N) is 1. The van der Waals surface area contributed by atoms with Crippen molar-refractivity contribution < 1.29 is 4.79 Å². The van der Waals surface area contributed by atoms with Gasteiger partial charge in [0, 0.05) is 3.57 Å². The molecule has 0 radical (unpaired) electrons. The number of halogens is 2. The van der Waals surface area contributed by atoms with Gasteiger partial charge in [0.2, 0.25) is 5.91 Å². The first-order valence-corrected chi connectivity index (χ1v) is 6.63. The van der Waals surface area contributed by atoms with Crippen LogP contribution in [0.5, 0.6) is 0 Å². The number of carbonyl (C=O) groups excluding carboxylic acids is 1. The van der Waals surface area contributed by atoms with E-state index in [1.165, 1.54) is 0 Å². The van der Waals surface area contributed by atoms with Crippen molar-refractivity contribution in [3.63, 3.8) is 0 Å². The van der Waals surface area contributed by atoms with E-state index in [1.54, 1.807) is 16.7 Å². The Morgan fingerprint density at radius 1 is 1.50 bits per heavy atom. The first-order valence-electron chi connectivity index (χ1n) is 4.02. The average molecular weight is 340 g/mol. The molecule has 0 saturated carbocycles. The van der Waals surface area contributed by atoms with Crippen molar-refractivity contribution in [1.82, 2.24) is 0 Å². The van der Waals surface area contributed by atoms with E-state index < -0.39 is 0 Å². The van der Waals surface area contributed by atoms with Crippen LogP contribution in [0.4, 0.5) is 5.69 Å². The van der Waals surface area contributed by atoms with Gasteiger partial charge < -0.3 is 4.90 Å². The van der Waals surface area contributed by atoms with Crippen LogP contribution in [-0.4, -0.2) is 17.5 Å². The molecule has 2 nitrogen and oxygen atoms in total. The Kier molecular flexibility index (Phi) is 3.23. The van der Waals surface area contributed by atoms with Crippen molar-refractivity contribution in [2.24, 2.45) is 0 Å². The Hall–Kier alpha value is 0.0600. The van der Waals surface area contributed by atoms with Gasteiger partial charge in [-0.25, -0.2) is 0 Å². The molecule has 1 aromatic carbocycles. The second kappa shape index (κ2) is 4.28. The van der Waals surface area contributed by atoms with Gasteiger partial charge in [-0.15, -0.1) is 11.8 Å². The fourth-order valence-electron chi connectivity index (χ4n) is 1.28. The molecule has 0 spiro atoms. The molecule has 0 aromatic heterocycles. The zero-order chi connectivity index (χ0) is 10.1. The zero-order valence-electron chi connectivity index (χ0n) is 7.17. The third-order valence-electron chi connectivity index (χ3n) is 1.97. The van der Waals surface area contributed by atoms with Crippen molar-refractivity contribution >= 4 is 57.5 Å². The van der Waals surface area contributed by atoms with Crippen LogP contribution in [0.3, 0.4) is 0 Å². The molecule has 0 N–H and O–H groups in total. The Balaban J connectivity index is 2.41. The largest absolute Gasteiger partial charge is 0.300 e. The molecular weight excluding hydrogens is 333 g/mol. The molecule has 14 heavy (non-hydrogen) atoms. The number of rotatable bonds is 1. The molecule has 5 heteroatoms. The number of anilines is 1. The minimum atomic E-state index is 0.138. The quantitative estimate of drug-likeness (QED) is 0.733. The lowest BCUT2D eigenvalue weighted by atomic mass is 10.3. The van der Waals surface area contributed by atoms with Crippen LogP contribution in [0.15, 0.2) is 18.2 Å². The van der Waals surface area contributed by atoms with E-state index in [0.29, 0.717) is 16.7 Å². The Morgan fingerprint density at radius 2 is 2.29 bits per heavy atom. The number of benzene rings is 1. The Bertz CT molecular complexity index is 385. The molecular formula is C9H7ClINOS. The second-order valence-electron chi connectivity index (χ2n) is 2.87. The van der Waals surface area contributed by atoms with E-state index in [1.807, 2.05) is 18.2 Å². The molecule has 1 heterocycles. The number of amides is 1. The zero-order valence-corrected chi connectivity index (χ0v) is 10.9. The van der Waals surface area contributed by atoms with Crippen LogP contribution in [-0.2, 0) is 4.79 Å². The van der Waals surface area contributed by atoms with E-state index in [-0.39, 0.29) is 5.91 Å². The number of hydrogen-bond donors (Lipinski definition) is 0. The molecule has 1 aliphatic heterocycles. The summed E-state index contributed by atoms with van der Waals surface area (Å²) in [6.07, 6.45) is 0. The Morgan fingerprint density at radius 3 is 2.93 bits per heavy atom. The highest BCUT2D eigenvalue weighted by Crippen LogP contribution is 2.33. The number of thioether (sulfide) groups is 1. The number of carbonyl (C=O) groups is 1. The van der Waals surface area contributed by atoms with Crippen LogP contribution in [0.2, 0.25) is 5.02 Å². The first-order chi connectivity index (χ1) is 6.70. The van der Waals surface area contributed by atoms with Crippen LogP contribution in [0.25, 0.3) is 0 Å². The maximum atomic E-state index is 11.5. The van der Waals surface area contributed by atoms with E-state index in [0.717, 1.165) is 9.26 Å². The molecule has 1 saturated heterocycles. The highest BCUT2D eigenvalue weighted by Gasteiger charge is 2.24. The van der Waals surface area contributed by atoms with Crippen LogP contribution < -0.4 is 4.90 Å². The van der Waals surface area contributed by atoms with Gasteiger partial charge in [0.15, 0.2) is 0 Å². The summed E-state index contributed by atoms with van der Waals surface area (Å²) in [4.78, 5) is 13.2. The molecule has 0 atom stereocenters. The SMILES string of the molecule is O=C1CSCN1c1cccc(I)c1Cl. The molecule has 74 valence electrons. The van der Waals surface area contributed by atoms with Crippen molar-refractivity contribution in [1.29, 1.82) is 0 Å². The lowest BCUT2D eigenvalue weighted by Crippen LogP contribution is -2.25. The Labute approximate surface area is 105 Å². The predicted octanol–water partition coefficient (Wildman–Crippen LogP) is 2.98. The standard InChI is InChI=1S/C9H7ClINOS/c10-9-6(11)2-1-3-7(9)12-5-14-4-8(12)13/h1-3H,4-5H2. The van der Waals surface area contributed by atoms with Gasteiger partial charge in [-0.05, 0) is 34.7 Å². The van der Waals surface area contributed by atoms with Crippen LogP contribution in [0.1, 0.15) is 0 Å². The topological polar surface area (TPSA) is 20.3 Å². The van der Waals surface area contributed by atoms with Crippen molar-refractivity contribution in [2.75, 3.05) is 16.5 Å². The maximum absolute atomic E-state index is 11.5. The number of hydrogen-bond acceptors (Lipinski definition) is 2. The molecule has 0 bridgehead atoms.